The molecule has 0 saturated heterocycles. The van der Waals surface area contributed by atoms with E-state index in [0.29, 0.717) is 10.7 Å². The Labute approximate surface area is 178 Å². The summed E-state index contributed by atoms with van der Waals surface area (Å²) < 4.78 is 5.69. The summed E-state index contributed by atoms with van der Waals surface area (Å²) in [5, 5.41) is 3.58. The minimum Gasteiger partial charge on any atom is -0.493 e. The summed E-state index contributed by atoms with van der Waals surface area (Å²) in [5.41, 5.74) is 10.3. The van der Waals surface area contributed by atoms with Crippen molar-refractivity contribution < 1.29 is 4.74 Å². The molecule has 0 saturated carbocycles. The quantitative estimate of drug-likeness (QED) is 0.474. The summed E-state index contributed by atoms with van der Waals surface area (Å²) in [7, 11) is 0. The first kappa shape index (κ1) is 22.1. The molecule has 0 heterocycles. The van der Waals surface area contributed by atoms with Gasteiger partial charge in [0.1, 0.15) is 5.75 Å². The lowest BCUT2D eigenvalue weighted by Gasteiger charge is -2.08. The van der Waals surface area contributed by atoms with Crippen LogP contribution in [0.4, 0.5) is 5.69 Å². The van der Waals surface area contributed by atoms with Crippen LogP contribution >= 0.6 is 11.6 Å². The van der Waals surface area contributed by atoms with E-state index in [-0.39, 0.29) is 0 Å². The lowest BCUT2D eigenvalue weighted by atomic mass is 10.1. The third-order valence-corrected chi connectivity index (χ3v) is 4.31. The Morgan fingerprint density at radius 3 is 2.48 bits per heavy atom. The molecule has 0 bridgehead atoms. The third kappa shape index (κ3) is 7.76. The zero-order valence-electron chi connectivity index (χ0n) is 16.7. The molecule has 0 amide bonds. The van der Waals surface area contributed by atoms with Crippen LogP contribution in [-0.4, -0.2) is 6.61 Å². The van der Waals surface area contributed by atoms with E-state index in [4.69, 9.17) is 22.1 Å². The van der Waals surface area contributed by atoms with Gasteiger partial charge in [-0.25, -0.2) is 0 Å². The molecule has 3 aromatic rings. The summed E-state index contributed by atoms with van der Waals surface area (Å²) in [4.78, 5) is 0. The van der Waals surface area contributed by atoms with E-state index in [1.165, 1.54) is 11.1 Å². The second-order valence-electron chi connectivity index (χ2n) is 6.46. The van der Waals surface area contributed by atoms with E-state index in [2.05, 4.69) is 61.8 Å². The van der Waals surface area contributed by atoms with Crippen molar-refractivity contribution in [2.24, 2.45) is 5.73 Å². The highest BCUT2D eigenvalue weighted by atomic mass is 35.5. The topological polar surface area (TPSA) is 47.3 Å². The number of rotatable bonds is 7. The number of hydrogen-bond acceptors (Lipinski definition) is 3. The Bertz CT molecular complexity index is 939. The van der Waals surface area contributed by atoms with Crippen molar-refractivity contribution >= 4 is 23.0 Å². The van der Waals surface area contributed by atoms with Crippen LogP contribution in [0.2, 0.25) is 5.02 Å². The average Bonchev–Trinajstić information content (AvgIpc) is 2.69. The van der Waals surface area contributed by atoms with Crippen LogP contribution in [-0.2, 0) is 6.42 Å². The van der Waals surface area contributed by atoms with Crippen LogP contribution in [0.15, 0.2) is 92.2 Å². The normalized spacial score (nSPS) is 9.72. The second-order valence-corrected chi connectivity index (χ2v) is 6.90. The van der Waals surface area contributed by atoms with Gasteiger partial charge in [-0.15, -0.1) is 0 Å². The lowest BCUT2D eigenvalue weighted by Crippen LogP contribution is -2.01. The number of halogens is 1. The summed E-state index contributed by atoms with van der Waals surface area (Å²) in [5.74, 6) is 0.955. The highest BCUT2D eigenvalue weighted by Gasteiger charge is 2.02. The van der Waals surface area contributed by atoms with Crippen molar-refractivity contribution in [3.63, 3.8) is 0 Å². The Morgan fingerprint density at radius 2 is 1.83 bits per heavy atom. The van der Waals surface area contributed by atoms with E-state index < -0.39 is 0 Å². The molecule has 3 N–H and O–H groups in total. The number of nitrogens with one attached hydrogen (secondary N) is 1. The van der Waals surface area contributed by atoms with E-state index in [1.807, 2.05) is 24.3 Å². The van der Waals surface area contributed by atoms with Gasteiger partial charge in [0.2, 0.25) is 0 Å². The maximum absolute atomic E-state index is 5.81. The molecule has 3 nitrogen and oxygen atoms in total. The molecule has 4 heteroatoms. The molecule has 29 heavy (non-hydrogen) atoms. The molecule has 150 valence electrons. The van der Waals surface area contributed by atoms with Crippen LogP contribution in [0, 0.1) is 6.92 Å². The molecule has 0 fully saturated rings. The molecule has 0 radical (unpaired) electrons. The number of benzene rings is 3. The predicted molar refractivity (Wildman–Crippen MR) is 125 cm³/mol. The van der Waals surface area contributed by atoms with Gasteiger partial charge in [-0.3, -0.25) is 0 Å². The van der Waals surface area contributed by atoms with E-state index in [1.54, 1.807) is 18.3 Å². The minimum atomic E-state index is 0.501. The Balaban J connectivity index is 0.000000212. The zero-order chi connectivity index (χ0) is 21.1. The van der Waals surface area contributed by atoms with Crippen LogP contribution in [0.3, 0.4) is 0 Å². The van der Waals surface area contributed by atoms with E-state index in [9.17, 15) is 0 Å². The standard InChI is InChI=1S/C15H16O.C10H11ClN2/c1-13-6-5-9-15(12-13)16-11-10-14-7-3-2-4-8-14;1-3-13-10-6-8(11)4-5-9(10)7(2)12/h2-9,12H,10-11H2,1H3;3-6,13H,1-2,12H2. The largest absolute Gasteiger partial charge is 0.493 e. The molecule has 0 aliphatic rings. The summed E-state index contributed by atoms with van der Waals surface area (Å²) in [6.45, 7) is 10.0. The number of aryl methyl sites for hydroxylation is 1. The van der Waals surface area contributed by atoms with Gasteiger partial charge >= 0.3 is 0 Å². The van der Waals surface area contributed by atoms with Crippen LogP contribution < -0.4 is 15.8 Å². The Hall–Kier alpha value is -3.17. The van der Waals surface area contributed by atoms with Gasteiger partial charge < -0.3 is 15.8 Å². The molecular weight excluding hydrogens is 380 g/mol. The van der Waals surface area contributed by atoms with Gasteiger partial charge in [0.05, 0.1) is 6.61 Å². The smallest absolute Gasteiger partial charge is 0.119 e. The van der Waals surface area contributed by atoms with Gasteiger partial charge in [0.25, 0.3) is 0 Å². The second kappa shape index (κ2) is 11.6. The minimum absolute atomic E-state index is 0.501. The summed E-state index contributed by atoms with van der Waals surface area (Å²) in [6.07, 6.45) is 2.52. The molecular formula is C25H27ClN2O. The molecule has 3 rings (SSSR count). The fourth-order valence-electron chi connectivity index (χ4n) is 2.66. The molecule has 0 aliphatic heterocycles. The first-order valence-corrected chi connectivity index (χ1v) is 9.72. The van der Waals surface area contributed by atoms with Crippen LogP contribution in [0.1, 0.15) is 16.7 Å². The highest BCUT2D eigenvalue weighted by Crippen LogP contribution is 2.24. The maximum Gasteiger partial charge on any atom is 0.119 e. The number of hydrogen-bond donors (Lipinski definition) is 2. The number of anilines is 1. The highest BCUT2D eigenvalue weighted by molar-refractivity contribution is 6.31. The van der Waals surface area contributed by atoms with Crippen LogP contribution in [0.5, 0.6) is 5.75 Å². The fourth-order valence-corrected chi connectivity index (χ4v) is 2.83. The van der Waals surface area contributed by atoms with Crippen molar-refractivity contribution in [3.8, 4) is 5.75 Å². The molecule has 3 aromatic carbocycles. The Morgan fingerprint density at radius 1 is 1.07 bits per heavy atom. The van der Waals surface area contributed by atoms with Gasteiger partial charge in [-0.05, 0) is 54.6 Å². The molecule has 0 unspecified atom stereocenters. The van der Waals surface area contributed by atoms with E-state index in [0.717, 1.165) is 30.0 Å². The van der Waals surface area contributed by atoms with Crippen molar-refractivity contribution in [2.45, 2.75) is 13.3 Å². The van der Waals surface area contributed by atoms with Gasteiger partial charge in [0, 0.05) is 28.4 Å². The van der Waals surface area contributed by atoms with Crippen molar-refractivity contribution in [1.29, 1.82) is 0 Å². The van der Waals surface area contributed by atoms with Gasteiger partial charge in [0.15, 0.2) is 0 Å². The fraction of sp³-hybridized carbons (Fsp3) is 0.120. The zero-order valence-corrected chi connectivity index (χ0v) is 17.5. The maximum atomic E-state index is 5.81. The van der Waals surface area contributed by atoms with E-state index >= 15 is 0 Å². The lowest BCUT2D eigenvalue weighted by molar-refractivity contribution is 0.322. The van der Waals surface area contributed by atoms with Crippen LogP contribution in [0.25, 0.3) is 5.70 Å². The average molecular weight is 407 g/mol. The first-order valence-electron chi connectivity index (χ1n) is 9.34. The summed E-state index contributed by atoms with van der Waals surface area (Å²) in [6, 6.07) is 23.9. The summed E-state index contributed by atoms with van der Waals surface area (Å²) >= 11 is 5.81. The monoisotopic (exact) mass is 406 g/mol. The van der Waals surface area contributed by atoms with Gasteiger partial charge in [-0.2, -0.15) is 0 Å². The molecule has 0 spiro atoms. The van der Waals surface area contributed by atoms with Crippen molar-refractivity contribution in [2.75, 3.05) is 11.9 Å². The third-order valence-electron chi connectivity index (χ3n) is 4.08. The molecule has 0 aliphatic carbocycles. The first-order chi connectivity index (χ1) is 14.0. The number of nitrogens with two attached hydrogens (primary N) is 1. The molecule has 0 aromatic heterocycles. The number of ether oxygens (including phenoxy) is 1. The SMILES string of the molecule is C=CNc1cc(Cl)ccc1C(=C)N.Cc1cccc(OCCc2ccccc2)c1. The molecule has 0 atom stereocenters. The van der Waals surface area contributed by atoms with Crippen molar-refractivity contribution in [3.05, 3.63) is 114 Å². The Kier molecular flexibility index (Phi) is 8.87. The van der Waals surface area contributed by atoms with Crippen molar-refractivity contribution in [1.82, 2.24) is 0 Å². The predicted octanol–water partition coefficient (Wildman–Crippen LogP) is 6.44. The van der Waals surface area contributed by atoms with Gasteiger partial charge in [-0.1, -0.05) is 67.2 Å².